The van der Waals surface area contributed by atoms with Crippen LogP contribution in [0.1, 0.15) is 36.0 Å². The summed E-state index contributed by atoms with van der Waals surface area (Å²) in [5.74, 6) is 0.393. The zero-order chi connectivity index (χ0) is 18.1. The first-order valence-corrected chi connectivity index (χ1v) is 9.42. The molecule has 1 atom stereocenters. The molecule has 2 heterocycles. The van der Waals surface area contributed by atoms with Gasteiger partial charge in [-0.15, -0.1) is 0 Å². The fourth-order valence-electron chi connectivity index (χ4n) is 4.22. The number of aromatic hydroxyl groups is 1. The van der Waals surface area contributed by atoms with Gasteiger partial charge >= 0.3 is 0 Å². The van der Waals surface area contributed by atoms with Crippen LogP contribution in [0.5, 0.6) is 5.75 Å². The van der Waals surface area contributed by atoms with E-state index in [0.717, 1.165) is 61.9 Å². The summed E-state index contributed by atoms with van der Waals surface area (Å²) in [5, 5.41) is 11.5. The molecule has 2 aromatic carbocycles. The number of carbonyl (C=O) groups excluding carboxylic acids is 2. The van der Waals surface area contributed by atoms with E-state index in [1.807, 2.05) is 29.2 Å². The summed E-state index contributed by atoms with van der Waals surface area (Å²) in [7, 11) is 0. The maximum Gasteiger partial charge on any atom is 0.227 e. The van der Waals surface area contributed by atoms with E-state index >= 15 is 0 Å². The minimum Gasteiger partial charge on any atom is -0.507 e. The lowest BCUT2D eigenvalue weighted by atomic mass is 10.0. The fourth-order valence-corrected chi connectivity index (χ4v) is 4.22. The fraction of sp³-hybridized carbons (Fsp3) is 0.429. The van der Waals surface area contributed by atoms with Gasteiger partial charge in [-0.1, -0.05) is 12.1 Å². The second-order valence-corrected chi connectivity index (χ2v) is 7.34. The Labute approximate surface area is 153 Å². The van der Waals surface area contributed by atoms with Crippen LogP contribution in [0, 0.1) is 5.92 Å². The van der Waals surface area contributed by atoms with Gasteiger partial charge < -0.3 is 14.9 Å². The van der Waals surface area contributed by atoms with Crippen molar-refractivity contribution in [1.82, 2.24) is 4.90 Å². The number of carbonyl (C=O) groups is 2. The highest BCUT2D eigenvalue weighted by Gasteiger charge is 2.32. The maximum absolute atomic E-state index is 12.7. The number of hydrogen-bond donors (Lipinski definition) is 1. The van der Waals surface area contributed by atoms with Gasteiger partial charge in [0, 0.05) is 31.9 Å². The van der Waals surface area contributed by atoms with E-state index in [4.69, 9.17) is 0 Å². The normalized spacial score (nSPS) is 20.5. The van der Waals surface area contributed by atoms with Crippen LogP contribution >= 0.6 is 0 Å². The molecular formula is C21H24N2O3. The topological polar surface area (TPSA) is 60.9 Å². The van der Waals surface area contributed by atoms with E-state index in [2.05, 4.69) is 4.90 Å². The predicted octanol–water partition coefficient (Wildman–Crippen LogP) is 3.20. The van der Waals surface area contributed by atoms with Crippen LogP contribution in [0.4, 0.5) is 5.69 Å². The van der Waals surface area contributed by atoms with Crippen molar-refractivity contribution < 1.29 is 14.7 Å². The molecule has 0 bridgehead atoms. The molecule has 1 unspecified atom stereocenters. The van der Waals surface area contributed by atoms with Crippen molar-refractivity contribution in [3.63, 3.8) is 0 Å². The van der Waals surface area contributed by atoms with Crippen molar-refractivity contribution >= 4 is 28.7 Å². The van der Waals surface area contributed by atoms with Crippen LogP contribution in [-0.4, -0.2) is 48.4 Å². The summed E-state index contributed by atoms with van der Waals surface area (Å²) in [6.45, 7) is 3.43. The summed E-state index contributed by atoms with van der Waals surface area (Å²) >= 11 is 0. The number of nitrogens with zero attached hydrogens (tertiary/aromatic N) is 2. The van der Waals surface area contributed by atoms with Gasteiger partial charge in [0.1, 0.15) is 5.75 Å². The third-order valence-electron chi connectivity index (χ3n) is 5.71. The van der Waals surface area contributed by atoms with Crippen molar-refractivity contribution in [1.29, 1.82) is 0 Å². The third-order valence-corrected chi connectivity index (χ3v) is 5.71. The number of amides is 1. The van der Waals surface area contributed by atoms with Gasteiger partial charge in [-0.05, 0) is 54.7 Å². The average molecular weight is 352 g/mol. The van der Waals surface area contributed by atoms with Gasteiger partial charge in [-0.3, -0.25) is 9.59 Å². The SMILES string of the molecule is O=Cc1c(O)ccc2cc(N3CCC(C(=O)N4CCCCC4)C3)ccc12. The van der Waals surface area contributed by atoms with Gasteiger partial charge in [-0.25, -0.2) is 0 Å². The lowest BCUT2D eigenvalue weighted by molar-refractivity contribution is -0.135. The van der Waals surface area contributed by atoms with Crippen LogP contribution in [-0.2, 0) is 4.79 Å². The first kappa shape index (κ1) is 16.9. The monoisotopic (exact) mass is 352 g/mol. The Morgan fingerprint density at radius 2 is 1.88 bits per heavy atom. The predicted molar refractivity (Wildman–Crippen MR) is 102 cm³/mol. The molecule has 2 fully saturated rings. The number of phenolic OH excluding ortho intramolecular Hbond substituents is 1. The molecule has 1 N–H and O–H groups in total. The Bertz CT molecular complexity index is 843. The van der Waals surface area contributed by atoms with E-state index in [1.165, 1.54) is 6.42 Å². The zero-order valence-corrected chi connectivity index (χ0v) is 14.9. The molecule has 0 spiro atoms. The average Bonchev–Trinajstić information content (AvgIpc) is 3.18. The summed E-state index contributed by atoms with van der Waals surface area (Å²) in [4.78, 5) is 28.3. The van der Waals surface area contributed by atoms with E-state index in [0.29, 0.717) is 17.8 Å². The van der Waals surface area contributed by atoms with Crippen molar-refractivity contribution in [3.8, 4) is 5.75 Å². The van der Waals surface area contributed by atoms with Crippen LogP contribution in [0.2, 0.25) is 0 Å². The van der Waals surface area contributed by atoms with Gasteiger partial charge in [0.05, 0.1) is 11.5 Å². The zero-order valence-electron chi connectivity index (χ0n) is 14.9. The molecule has 2 aliphatic rings. The maximum atomic E-state index is 12.7. The van der Waals surface area contributed by atoms with Crippen molar-refractivity contribution in [2.45, 2.75) is 25.7 Å². The molecule has 4 rings (SSSR count). The molecule has 26 heavy (non-hydrogen) atoms. The molecule has 136 valence electrons. The molecule has 2 saturated heterocycles. The minimum atomic E-state index is 0.00798. The molecule has 0 radical (unpaired) electrons. The molecule has 2 aromatic rings. The first-order chi connectivity index (χ1) is 12.7. The van der Waals surface area contributed by atoms with E-state index < -0.39 is 0 Å². The summed E-state index contributed by atoms with van der Waals surface area (Å²) < 4.78 is 0. The second-order valence-electron chi connectivity index (χ2n) is 7.34. The number of fused-ring (bicyclic) bond motifs is 1. The largest absolute Gasteiger partial charge is 0.507 e. The Morgan fingerprint density at radius 1 is 1.08 bits per heavy atom. The molecule has 0 aromatic heterocycles. The summed E-state index contributed by atoms with van der Waals surface area (Å²) in [5.41, 5.74) is 1.39. The number of hydrogen-bond acceptors (Lipinski definition) is 4. The second kappa shape index (κ2) is 6.98. The standard InChI is InChI=1S/C21H24N2O3/c24-14-19-18-6-5-17(12-15(18)4-7-20(19)25)23-11-8-16(13-23)21(26)22-9-2-1-3-10-22/h4-7,12,14,16,25H,1-3,8-11,13H2. The molecular weight excluding hydrogens is 328 g/mol. The smallest absolute Gasteiger partial charge is 0.227 e. The van der Waals surface area contributed by atoms with Gasteiger partial charge in [0.2, 0.25) is 5.91 Å². The quantitative estimate of drug-likeness (QED) is 0.862. The number of piperidine rings is 1. The number of phenols is 1. The first-order valence-electron chi connectivity index (χ1n) is 9.42. The van der Waals surface area contributed by atoms with E-state index in [-0.39, 0.29) is 11.7 Å². The summed E-state index contributed by atoms with van der Waals surface area (Å²) in [6, 6.07) is 9.28. The van der Waals surface area contributed by atoms with Crippen LogP contribution in [0.3, 0.4) is 0 Å². The Hall–Kier alpha value is -2.56. The highest BCUT2D eigenvalue weighted by atomic mass is 16.3. The van der Waals surface area contributed by atoms with E-state index in [1.54, 1.807) is 6.07 Å². The van der Waals surface area contributed by atoms with Crippen molar-refractivity contribution in [2.24, 2.45) is 5.92 Å². The molecule has 0 aliphatic carbocycles. The molecule has 5 nitrogen and oxygen atoms in total. The minimum absolute atomic E-state index is 0.00798. The van der Waals surface area contributed by atoms with E-state index in [9.17, 15) is 14.7 Å². The van der Waals surface area contributed by atoms with Crippen LogP contribution in [0.15, 0.2) is 30.3 Å². The van der Waals surface area contributed by atoms with Gasteiger partial charge in [0.25, 0.3) is 0 Å². The highest BCUT2D eigenvalue weighted by Crippen LogP contribution is 2.32. The Balaban J connectivity index is 1.52. The number of benzene rings is 2. The third kappa shape index (κ3) is 3.02. The van der Waals surface area contributed by atoms with Crippen LogP contribution in [0.25, 0.3) is 10.8 Å². The molecule has 5 heteroatoms. The number of anilines is 1. The van der Waals surface area contributed by atoms with Crippen molar-refractivity contribution in [2.75, 3.05) is 31.1 Å². The van der Waals surface area contributed by atoms with Crippen molar-refractivity contribution in [3.05, 3.63) is 35.9 Å². The molecule has 0 saturated carbocycles. The lowest BCUT2D eigenvalue weighted by Gasteiger charge is -2.29. The molecule has 2 aliphatic heterocycles. The highest BCUT2D eigenvalue weighted by molar-refractivity contribution is 6.01. The Morgan fingerprint density at radius 3 is 2.65 bits per heavy atom. The number of likely N-dealkylation sites (tertiary alicyclic amines) is 1. The Kier molecular flexibility index (Phi) is 4.53. The van der Waals surface area contributed by atoms with Gasteiger partial charge in [0.15, 0.2) is 6.29 Å². The molecule has 1 amide bonds. The number of rotatable bonds is 3. The van der Waals surface area contributed by atoms with Crippen LogP contribution < -0.4 is 4.90 Å². The lowest BCUT2D eigenvalue weighted by Crippen LogP contribution is -2.40. The summed E-state index contributed by atoms with van der Waals surface area (Å²) in [6.07, 6.45) is 5.07. The number of aldehydes is 1. The van der Waals surface area contributed by atoms with Gasteiger partial charge in [-0.2, -0.15) is 0 Å².